The molecule has 2 heteroatoms. The monoisotopic (exact) mass is 322 g/mol. The number of hydrogen-bond acceptors (Lipinski definition) is 2. The van der Waals surface area contributed by atoms with E-state index in [0.717, 1.165) is 16.5 Å². The molecule has 0 radical (unpaired) electrons. The van der Waals surface area contributed by atoms with E-state index >= 15 is 0 Å². The van der Waals surface area contributed by atoms with Crippen molar-refractivity contribution in [2.45, 2.75) is 0 Å². The van der Waals surface area contributed by atoms with Crippen LogP contribution in [0.3, 0.4) is 0 Å². The molecule has 0 amide bonds. The molecule has 0 saturated carbocycles. The van der Waals surface area contributed by atoms with Gasteiger partial charge in [-0.05, 0) is 55.6 Å². The zero-order chi connectivity index (χ0) is 17.0. The van der Waals surface area contributed by atoms with Gasteiger partial charge in [0, 0.05) is 0 Å². The fraction of sp³-hybridized carbons (Fsp3) is 0. The van der Waals surface area contributed by atoms with Crippen LogP contribution in [-0.4, -0.2) is 11.4 Å². The van der Waals surface area contributed by atoms with E-state index in [1.807, 2.05) is 6.07 Å². The highest BCUT2D eigenvalue weighted by atomic mass is 16.3. The van der Waals surface area contributed by atoms with Gasteiger partial charge in [0.2, 0.25) is 0 Å². The molecule has 118 valence electrons. The van der Waals surface area contributed by atoms with Crippen LogP contribution in [0.2, 0.25) is 0 Å². The summed E-state index contributed by atoms with van der Waals surface area (Å²) in [4.78, 5) is 11.0. The lowest BCUT2D eigenvalue weighted by Gasteiger charge is -2.14. The molecule has 2 nitrogen and oxygen atoms in total. The van der Waals surface area contributed by atoms with Gasteiger partial charge < -0.3 is 5.11 Å². The van der Waals surface area contributed by atoms with Crippen LogP contribution in [0.1, 0.15) is 10.4 Å². The average molecular weight is 322 g/mol. The highest BCUT2D eigenvalue weighted by Gasteiger charge is 2.12. The molecule has 0 heterocycles. The van der Waals surface area contributed by atoms with Crippen molar-refractivity contribution in [3.63, 3.8) is 0 Å². The number of hydrogen-bond donors (Lipinski definition) is 1. The third-order valence-electron chi connectivity index (χ3n) is 5.00. The molecule has 0 aliphatic heterocycles. The molecule has 0 spiro atoms. The maximum Gasteiger partial charge on any atom is 0.153 e. The van der Waals surface area contributed by atoms with Crippen molar-refractivity contribution in [3.05, 3.63) is 78.4 Å². The Morgan fingerprint density at radius 3 is 2.12 bits per heavy atom. The van der Waals surface area contributed by atoms with Crippen molar-refractivity contribution < 1.29 is 9.90 Å². The van der Waals surface area contributed by atoms with Crippen LogP contribution in [0.4, 0.5) is 0 Å². The molecule has 0 atom stereocenters. The molecular weight excluding hydrogens is 308 g/mol. The standard InChI is InChI=1S/C23H14O2/c24-13-18-7-6-17(12-21(18)25)19-10-8-16-5-4-14-2-1-3-15-9-11-20(19)23(16)22(14)15/h1-13,25H. The number of carbonyl (C=O) groups excluding carboxylic acids is 1. The van der Waals surface area contributed by atoms with E-state index in [0.29, 0.717) is 11.8 Å². The van der Waals surface area contributed by atoms with Crippen molar-refractivity contribution in [2.75, 3.05) is 0 Å². The van der Waals surface area contributed by atoms with Crippen LogP contribution in [0.25, 0.3) is 43.4 Å². The Balaban J connectivity index is 1.91. The Bertz CT molecular complexity index is 1250. The molecule has 0 fully saturated rings. The van der Waals surface area contributed by atoms with Crippen LogP contribution >= 0.6 is 0 Å². The fourth-order valence-electron chi connectivity index (χ4n) is 3.80. The number of aromatic hydroxyl groups is 1. The Labute approximate surface area is 144 Å². The first-order chi connectivity index (χ1) is 12.3. The highest BCUT2D eigenvalue weighted by Crippen LogP contribution is 2.39. The van der Waals surface area contributed by atoms with E-state index in [-0.39, 0.29) is 5.75 Å². The molecule has 5 rings (SSSR count). The second kappa shape index (κ2) is 5.05. The van der Waals surface area contributed by atoms with Gasteiger partial charge in [-0.25, -0.2) is 0 Å². The lowest BCUT2D eigenvalue weighted by Crippen LogP contribution is -1.88. The SMILES string of the molecule is O=Cc1ccc(-c2ccc3ccc4cccc5ccc2c3c45)cc1O. The number of aldehydes is 1. The number of phenolic OH excluding ortho intramolecular Hbond substituents is 1. The second-order valence-electron chi connectivity index (χ2n) is 6.36. The summed E-state index contributed by atoms with van der Waals surface area (Å²) in [5.74, 6) is 0.0122. The second-order valence-corrected chi connectivity index (χ2v) is 6.36. The maximum atomic E-state index is 11.0. The minimum atomic E-state index is 0.0122. The van der Waals surface area contributed by atoms with Gasteiger partial charge in [-0.3, -0.25) is 4.79 Å². The van der Waals surface area contributed by atoms with Gasteiger partial charge in [-0.2, -0.15) is 0 Å². The number of rotatable bonds is 2. The molecule has 0 aliphatic rings. The third-order valence-corrected chi connectivity index (χ3v) is 5.00. The van der Waals surface area contributed by atoms with Gasteiger partial charge in [0.25, 0.3) is 0 Å². The molecule has 0 unspecified atom stereocenters. The minimum absolute atomic E-state index is 0.0122. The van der Waals surface area contributed by atoms with Crippen molar-refractivity contribution in [1.82, 2.24) is 0 Å². The van der Waals surface area contributed by atoms with Crippen LogP contribution in [-0.2, 0) is 0 Å². The topological polar surface area (TPSA) is 37.3 Å². The van der Waals surface area contributed by atoms with Crippen LogP contribution in [0.5, 0.6) is 5.75 Å². The predicted molar refractivity (Wildman–Crippen MR) is 103 cm³/mol. The van der Waals surface area contributed by atoms with E-state index in [2.05, 4.69) is 54.6 Å². The Kier molecular flexibility index (Phi) is 2.83. The van der Waals surface area contributed by atoms with Crippen LogP contribution in [0, 0.1) is 0 Å². The lowest BCUT2D eigenvalue weighted by atomic mass is 9.89. The first kappa shape index (κ1) is 14.0. The summed E-state index contributed by atoms with van der Waals surface area (Å²) in [6.45, 7) is 0. The van der Waals surface area contributed by atoms with Gasteiger partial charge in [0.05, 0.1) is 5.56 Å². The first-order valence-electron chi connectivity index (χ1n) is 8.21. The summed E-state index contributed by atoms with van der Waals surface area (Å²) in [7, 11) is 0. The van der Waals surface area contributed by atoms with Gasteiger partial charge in [-0.15, -0.1) is 0 Å². The molecule has 0 bridgehead atoms. The zero-order valence-corrected chi connectivity index (χ0v) is 13.4. The van der Waals surface area contributed by atoms with E-state index in [1.54, 1.807) is 12.1 Å². The number of benzene rings is 5. The Hall–Kier alpha value is -3.39. The Morgan fingerprint density at radius 1 is 0.720 bits per heavy atom. The van der Waals surface area contributed by atoms with E-state index in [9.17, 15) is 9.90 Å². The zero-order valence-electron chi connectivity index (χ0n) is 13.4. The van der Waals surface area contributed by atoms with Gasteiger partial charge in [0.15, 0.2) is 6.29 Å². The minimum Gasteiger partial charge on any atom is -0.507 e. The van der Waals surface area contributed by atoms with Crippen LogP contribution in [0.15, 0.2) is 72.8 Å². The van der Waals surface area contributed by atoms with Crippen LogP contribution < -0.4 is 0 Å². The summed E-state index contributed by atoms with van der Waals surface area (Å²) < 4.78 is 0. The van der Waals surface area contributed by atoms with Gasteiger partial charge >= 0.3 is 0 Å². The Morgan fingerprint density at radius 2 is 1.40 bits per heavy atom. The molecule has 1 N–H and O–H groups in total. The third kappa shape index (κ3) is 1.94. The van der Waals surface area contributed by atoms with Crippen molar-refractivity contribution >= 4 is 38.6 Å². The van der Waals surface area contributed by atoms with Gasteiger partial charge in [0.1, 0.15) is 5.75 Å². The van der Waals surface area contributed by atoms with E-state index in [4.69, 9.17) is 0 Å². The molecule has 0 aliphatic carbocycles. The molecule has 5 aromatic carbocycles. The van der Waals surface area contributed by atoms with E-state index < -0.39 is 0 Å². The highest BCUT2D eigenvalue weighted by molar-refractivity contribution is 6.25. The lowest BCUT2D eigenvalue weighted by molar-refractivity contribution is 0.112. The molecular formula is C23H14O2. The molecule has 25 heavy (non-hydrogen) atoms. The largest absolute Gasteiger partial charge is 0.507 e. The quantitative estimate of drug-likeness (QED) is 0.331. The maximum absolute atomic E-state index is 11.0. The molecule has 0 aromatic heterocycles. The fourth-order valence-corrected chi connectivity index (χ4v) is 3.80. The van der Waals surface area contributed by atoms with Crippen molar-refractivity contribution in [3.8, 4) is 16.9 Å². The smallest absolute Gasteiger partial charge is 0.153 e. The summed E-state index contributed by atoms with van der Waals surface area (Å²) in [5, 5.41) is 17.4. The summed E-state index contributed by atoms with van der Waals surface area (Å²) in [5.41, 5.74) is 2.26. The summed E-state index contributed by atoms with van der Waals surface area (Å²) in [6.07, 6.45) is 0.670. The first-order valence-corrected chi connectivity index (χ1v) is 8.21. The number of phenols is 1. The average Bonchev–Trinajstić information content (AvgIpc) is 2.66. The van der Waals surface area contributed by atoms with E-state index in [1.165, 1.54) is 26.9 Å². The molecule has 0 saturated heterocycles. The normalized spacial score (nSPS) is 11.5. The predicted octanol–water partition coefficient (Wildman–Crippen LogP) is 5.77. The van der Waals surface area contributed by atoms with Gasteiger partial charge in [-0.1, -0.05) is 60.7 Å². The van der Waals surface area contributed by atoms with Crippen molar-refractivity contribution in [2.24, 2.45) is 0 Å². The molecule has 5 aromatic rings. The number of carbonyl (C=O) groups is 1. The summed E-state index contributed by atoms with van der Waals surface area (Å²) in [6, 6.07) is 24.4. The van der Waals surface area contributed by atoms with Crippen molar-refractivity contribution in [1.29, 1.82) is 0 Å². The summed E-state index contributed by atoms with van der Waals surface area (Å²) >= 11 is 0.